The molecule has 0 saturated carbocycles. The van der Waals surface area contributed by atoms with Crippen molar-refractivity contribution in [2.24, 2.45) is 5.92 Å². The van der Waals surface area contributed by atoms with Crippen LogP contribution in [-0.4, -0.2) is 74.0 Å². The van der Waals surface area contributed by atoms with Gasteiger partial charge in [0.1, 0.15) is 23.8 Å². The lowest BCUT2D eigenvalue weighted by Crippen LogP contribution is -2.39. The summed E-state index contributed by atoms with van der Waals surface area (Å²) in [6.07, 6.45) is 1.03. The number of nitrogens with one attached hydrogen (secondary N) is 1. The summed E-state index contributed by atoms with van der Waals surface area (Å²) >= 11 is 0. The number of aliphatic hydroxyl groups is 2. The van der Waals surface area contributed by atoms with E-state index in [9.17, 15) is 15.0 Å². The number of fused-ring (bicyclic) bond motifs is 1. The minimum Gasteiger partial charge on any atom is -0.397 e. The minimum absolute atomic E-state index is 0.00141. The van der Waals surface area contributed by atoms with Gasteiger partial charge in [0.15, 0.2) is 11.9 Å². The fourth-order valence-corrected chi connectivity index (χ4v) is 4.77. The maximum absolute atomic E-state index is 12.7. The molecule has 0 radical (unpaired) electrons. The number of pyridine rings is 1. The monoisotopic (exact) mass is 524 g/mol. The smallest absolute Gasteiger partial charge is 0.227 e. The van der Waals surface area contributed by atoms with Gasteiger partial charge in [-0.2, -0.15) is 0 Å². The fourth-order valence-electron chi connectivity index (χ4n) is 4.77. The van der Waals surface area contributed by atoms with Crippen LogP contribution in [0, 0.1) is 5.92 Å². The molecule has 1 aliphatic rings. The van der Waals surface area contributed by atoms with Crippen molar-refractivity contribution in [2.45, 2.75) is 70.5 Å². The van der Waals surface area contributed by atoms with E-state index in [0.717, 1.165) is 25.1 Å². The van der Waals surface area contributed by atoms with Crippen LogP contribution in [0.15, 0.2) is 42.9 Å². The minimum atomic E-state index is -1.13. The molecule has 3 unspecified atom stereocenters. The van der Waals surface area contributed by atoms with E-state index in [2.05, 4.69) is 48.2 Å². The van der Waals surface area contributed by atoms with E-state index in [1.54, 1.807) is 16.8 Å². The Bertz CT molecular complexity index is 1240. The van der Waals surface area contributed by atoms with E-state index in [-0.39, 0.29) is 17.2 Å². The van der Waals surface area contributed by atoms with E-state index >= 15 is 0 Å². The number of ether oxygens (including phenoxy) is 1. The number of benzene rings is 1. The number of aliphatic hydroxyl groups excluding tert-OH is 2. The molecule has 1 aromatic carbocycles. The second kappa shape index (κ2) is 11.4. The Morgan fingerprint density at radius 1 is 1.18 bits per heavy atom. The van der Waals surface area contributed by atoms with Crippen molar-refractivity contribution in [3.63, 3.8) is 0 Å². The number of aromatic nitrogens is 3. The number of carbonyl (C=O) groups excluding carboxylic acids is 1. The molecule has 1 aliphatic heterocycles. The maximum Gasteiger partial charge on any atom is 0.227 e. The van der Waals surface area contributed by atoms with Crippen LogP contribution >= 0.6 is 0 Å². The number of imidazole rings is 1. The molecule has 5 atom stereocenters. The third-order valence-corrected chi connectivity index (χ3v) is 7.24. The first-order chi connectivity index (χ1) is 18.0. The van der Waals surface area contributed by atoms with Gasteiger partial charge in [-0.3, -0.25) is 9.36 Å². The van der Waals surface area contributed by atoms with Gasteiger partial charge in [0, 0.05) is 24.3 Å². The third-order valence-electron chi connectivity index (χ3n) is 7.24. The van der Waals surface area contributed by atoms with Crippen LogP contribution in [-0.2, 0) is 14.9 Å². The molecule has 1 amide bonds. The van der Waals surface area contributed by atoms with Crippen molar-refractivity contribution in [1.29, 1.82) is 0 Å². The van der Waals surface area contributed by atoms with E-state index in [1.807, 2.05) is 31.0 Å². The predicted molar refractivity (Wildman–Crippen MR) is 148 cm³/mol. The van der Waals surface area contributed by atoms with Crippen molar-refractivity contribution in [3.05, 3.63) is 48.4 Å². The highest BCUT2D eigenvalue weighted by molar-refractivity contribution is 5.92. The first kappa shape index (κ1) is 28.0. The van der Waals surface area contributed by atoms with Crippen molar-refractivity contribution >= 4 is 28.4 Å². The highest BCUT2D eigenvalue weighted by atomic mass is 16.6. The Morgan fingerprint density at radius 2 is 1.89 bits per heavy atom. The number of nitrogens with zero attached hydrogens (tertiary/aromatic N) is 4. The molecule has 4 rings (SSSR count). The number of amides is 1. The molecule has 3 aromatic rings. The van der Waals surface area contributed by atoms with Crippen molar-refractivity contribution in [2.75, 3.05) is 31.2 Å². The molecule has 206 valence electrons. The van der Waals surface area contributed by atoms with Gasteiger partial charge in [0.05, 0.1) is 12.0 Å². The van der Waals surface area contributed by atoms with Crippen LogP contribution in [0.4, 0.5) is 11.4 Å². The number of hydrogen-bond donors (Lipinski definition) is 4. The second-order valence-corrected chi connectivity index (χ2v) is 11.4. The molecule has 2 aromatic heterocycles. The molecule has 3 heterocycles. The SMILES string of the molecule is CC(CCCN(C)C[C@H]1O[C@@H](n2cnc3c(N)ccnc32)C(O)C1O)C(=O)Nc1ccc(C(C)(C)C)cc1. The zero-order valence-electron chi connectivity index (χ0n) is 22.8. The zero-order chi connectivity index (χ0) is 27.6. The van der Waals surface area contributed by atoms with Gasteiger partial charge in [0.2, 0.25) is 5.91 Å². The normalized spacial score (nSPS) is 22.7. The number of hydrogen-bond acceptors (Lipinski definition) is 8. The number of anilines is 2. The predicted octanol–water partition coefficient (Wildman–Crippen LogP) is 2.92. The van der Waals surface area contributed by atoms with Gasteiger partial charge < -0.3 is 30.9 Å². The quantitative estimate of drug-likeness (QED) is 0.335. The van der Waals surface area contributed by atoms with Crippen molar-refractivity contribution < 1.29 is 19.7 Å². The summed E-state index contributed by atoms with van der Waals surface area (Å²) in [5.41, 5.74) is 9.57. The largest absolute Gasteiger partial charge is 0.397 e. The van der Waals surface area contributed by atoms with Crippen molar-refractivity contribution in [1.82, 2.24) is 19.4 Å². The number of carbonyl (C=O) groups is 1. The van der Waals surface area contributed by atoms with E-state index < -0.39 is 24.5 Å². The van der Waals surface area contributed by atoms with Crippen LogP contribution < -0.4 is 11.1 Å². The van der Waals surface area contributed by atoms with Gasteiger partial charge in [-0.25, -0.2) is 9.97 Å². The lowest BCUT2D eigenvalue weighted by molar-refractivity contribution is -0.119. The average Bonchev–Trinajstić information content (AvgIpc) is 3.41. The highest BCUT2D eigenvalue weighted by Crippen LogP contribution is 2.32. The summed E-state index contributed by atoms with van der Waals surface area (Å²) in [5, 5.41) is 24.3. The Morgan fingerprint density at radius 3 is 2.58 bits per heavy atom. The molecule has 10 nitrogen and oxygen atoms in total. The van der Waals surface area contributed by atoms with Crippen LogP contribution in [0.2, 0.25) is 0 Å². The topological polar surface area (TPSA) is 139 Å². The van der Waals surface area contributed by atoms with E-state index in [4.69, 9.17) is 10.5 Å². The fraction of sp³-hybridized carbons (Fsp3) is 0.536. The highest BCUT2D eigenvalue weighted by Gasteiger charge is 2.44. The molecule has 0 bridgehead atoms. The number of likely N-dealkylation sites (N-methyl/N-ethyl adjacent to an activating group) is 1. The number of rotatable bonds is 9. The molecule has 5 N–H and O–H groups in total. The second-order valence-electron chi connectivity index (χ2n) is 11.4. The van der Waals surface area contributed by atoms with Gasteiger partial charge >= 0.3 is 0 Å². The van der Waals surface area contributed by atoms with Gasteiger partial charge in [-0.05, 0) is 55.6 Å². The van der Waals surface area contributed by atoms with Crippen LogP contribution in [0.1, 0.15) is 52.3 Å². The lowest BCUT2D eigenvalue weighted by Gasteiger charge is -2.23. The summed E-state index contributed by atoms with van der Waals surface area (Å²) in [4.78, 5) is 23.3. The van der Waals surface area contributed by atoms with Crippen LogP contribution in [0.3, 0.4) is 0 Å². The molecule has 1 saturated heterocycles. The maximum atomic E-state index is 12.7. The van der Waals surface area contributed by atoms with Crippen LogP contribution in [0.25, 0.3) is 11.2 Å². The molecular weight excluding hydrogens is 484 g/mol. The lowest BCUT2D eigenvalue weighted by atomic mass is 9.87. The Balaban J connectivity index is 1.24. The molecule has 10 heteroatoms. The Kier molecular flexibility index (Phi) is 8.37. The molecular formula is C28H40N6O4. The summed E-state index contributed by atoms with van der Waals surface area (Å²) in [6.45, 7) is 9.56. The molecule has 0 spiro atoms. The zero-order valence-corrected chi connectivity index (χ0v) is 22.8. The van der Waals surface area contributed by atoms with Gasteiger partial charge in [-0.15, -0.1) is 0 Å². The van der Waals surface area contributed by atoms with Gasteiger partial charge in [-0.1, -0.05) is 39.8 Å². The van der Waals surface area contributed by atoms with Crippen molar-refractivity contribution in [3.8, 4) is 0 Å². The third kappa shape index (κ3) is 6.15. The standard InChI is InChI=1S/C28H40N6O4/c1-17(26(37)32-19-10-8-18(9-11-19)28(2,3)4)7-6-14-33(5)15-21-23(35)24(36)27(38-21)34-16-31-22-20(29)12-13-30-25(22)34/h8-13,16-17,21,23-24,27,35-36H,6-7,14-15H2,1-5H3,(H2,29,30)(H,32,37)/t17?,21-,23?,24?,27-/m1/s1. The number of nitrogen functional groups attached to an aromatic ring is 1. The molecule has 38 heavy (non-hydrogen) atoms. The summed E-state index contributed by atoms with van der Waals surface area (Å²) in [6, 6.07) is 9.66. The summed E-state index contributed by atoms with van der Waals surface area (Å²) < 4.78 is 7.65. The molecule has 1 fully saturated rings. The average molecular weight is 525 g/mol. The molecule has 0 aliphatic carbocycles. The first-order valence-electron chi connectivity index (χ1n) is 13.1. The van der Waals surface area contributed by atoms with E-state index in [1.165, 1.54) is 11.9 Å². The van der Waals surface area contributed by atoms with Crippen LogP contribution in [0.5, 0.6) is 0 Å². The van der Waals surface area contributed by atoms with E-state index in [0.29, 0.717) is 23.4 Å². The summed E-state index contributed by atoms with van der Waals surface area (Å²) in [5.74, 6) is -0.141. The summed E-state index contributed by atoms with van der Waals surface area (Å²) in [7, 11) is 1.94. The van der Waals surface area contributed by atoms with Gasteiger partial charge in [0.25, 0.3) is 0 Å². The Labute approximate surface area is 223 Å². The number of nitrogens with two attached hydrogens (primary N) is 1. The Hall–Kier alpha value is -3.05. The first-order valence-corrected chi connectivity index (χ1v) is 13.1.